The third-order valence-corrected chi connectivity index (χ3v) is 12.0. The largest absolute Gasteiger partial charge is 0.374 e. The molecule has 0 amide bonds. The quantitative estimate of drug-likeness (QED) is 0.117. The maximum absolute atomic E-state index is 6.40. The number of hydrogen-bond donors (Lipinski definition) is 0. The molecule has 0 radical (unpaired) electrons. The van der Waals surface area contributed by atoms with Crippen molar-refractivity contribution in [3.63, 3.8) is 0 Å². The summed E-state index contributed by atoms with van der Waals surface area (Å²) >= 11 is 0. The number of nitrogens with zero attached hydrogens (tertiary/aromatic N) is 2. The summed E-state index contributed by atoms with van der Waals surface area (Å²) in [6.45, 7) is 10.7. The Morgan fingerprint density at radius 1 is 0.466 bits per heavy atom. The van der Waals surface area contributed by atoms with Gasteiger partial charge in [-0.15, -0.1) is 0 Å². The zero-order valence-electron chi connectivity index (χ0n) is 34.8. The summed E-state index contributed by atoms with van der Waals surface area (Å²) in [5.74, 6) is 0. The third-order valence-electron chi connectivity index (χ3n) is 12.0. The van der Waals surface area contributed by atoms with E-state index in [1.807, 2.05) is 0 Å². The summed E-state index contributed by atoms with van der Waals surface area (Å²) in [4.78, 5) is 4.69. The van der Waals surface area contributed by atoms with Gasteiger partial charge in [0, 0.05) is 40.7 Å². The van der Waals surface area contributed by atoms with Crippen molar-refractivity contribution >= 4 is 34.1 Å². The molecule has 1 saturated carbocycles. The molecule has 1 atom stereocenters. The van der Waals surface area contributed by atoms with Gasteiger partial charge in [-0.05, 0) is 172 Å². The molecule has 8 rings (SSSR count). The van der Waals surface area contributed by atoms with Crippen molar-refractivity contribution in [2.45, 2.75) is 105 Å². The van der Waals surface area contributed by atoms with Crippen LogP contribution in [0.4, 0.5) is 34.1 Å². The smallest absolute Gasteiger partial charge is 0.158 e. The summed E-state index contributed by atoms with van der Waals surface area (Å²) < 4.78 is 18.3. The zero-order chi connectivity index (χ0) is 39.8. The van der Waals surface area contributed by atoms with Crippen molar-refractivity contribution in [1.82, 2.24) is 0 Å². The van der Waals surface area contributed by atoms with Gasteiger partial charge >= 0.3 is 0 Å². The molecule has 298 valence electrons. The number of benzene rings is 6. The molecule has 58 heavy (non-hydrogen) atoms. The van der Waals surface area contributed by atoms with Crippen LogP contribution in [0.1, 0.15) is 84.7 Å². The number of aryl methyl sites for hydroxylation is 4. The Bertz CT molecular complexity index is 2240. The molecule has 0 bridgehead atoms. The predicted molar refractivity (Wildman–Crippen MR) is 240 cm³/mol. The Kier molecular flexibility index (Phi) is 12.7. The van der Waals surface area contributed by atoms with E-state index in [0.29, 0.717) is 19.3 Å². The van der Waals surface area contributed by atoms with Crippen molar-refractivity contribution in [2.75, 3.05) is 16.4 Å². The fourth-order valence-corrected chi connectivity index (χ4v) is 8.25. The number of rotatable bonds is 13. The molecule has 0 aromatic heterocycles. The number of hydrogen-bond acceptors (Lipinski definition) is 5. The normalized spacial score (nSPS) is 16.0. The molecule has 6 aromatic carbocycles. The Balaban J connectivity index is 1.05. The van der Waals surface area contributed by atoms with Crippen molar-refractivity contribution in [1.29, 1.82) is 0 Å². The lowest BCUT2D eigenvalue weighted by atomic mass is 9.97. The van der Waals surface area contributed by atoms with Gasteiger partial charge in [0.2, 0.25) is 0 Å². The molecule has 2 aliphatic rings. The highest BCUT2D eigenvalue weighted by Gasteiger charge is 2.19. The van der Waals surface area contributed by atoms with Crippen molar-refractivity contribution in [3.05, 3.63) is 167 Å². The summed E-state index contributed by atoms with van der Waals surface area (Å²) in [6, 6.07) is 49.0. The van der Waals surface area contributed by atoms with Crippen LogP contribution in [0, 0.1) is 27.7 Å². The predicted octanol–water partition coefficient (Wildman–Crippen LogP) is 14.4. The van der Waals surface area contributed by atoms with E-state index < -0.39 is 0 Å². The highest BCUT2D eigenvalue weighted by atomic mass is 16.7. The molecule has 5 heteroatoms. The Morgan fingerprint density at radius 2 is 0.983 bits per heavy atom. The van der Waals surface area contributed by atoms with E-state index in [4.69, 9.17) is 14.2 Å². The van der Waals surface area contributed by atoms with E-state index in [1.54, 1.807) is 0 Å². The van der Waals surface area contributed by atoms with Crippen molar-refractivity contribution in [2.24, 2.45) is 0 Å². The van der Waals surface area contributed by atoms with Crippen LogP contribution >= 0.6 is 0 Å². The average molecular weight is 771 g/mol. The molecule has 1 aliphatic carbocycles. The maximum atomic E-state index is 6.40. The standard InChI is InChI=1S/C53H58N2O3/c1-38-13-23-46(24-14-38)54(50-25-15-39(2)40(3)34-50)48-28-18-43(19-29-48)44-20-30-49(31-21-44)55(47-26-16-42(17-27-47)36-58-53-12-8-9-33-56-53)51-32-22-45(41(4)35-51)37-57-52-10-6-5-7-11-52/h13-32,34-35,52-53H,5-12,33,36-37H2,1-4H3. The SMILES string of the molecule is Cc1ccc(N(c2ccc(-c3ccc(N(c4ccc(COC5CCCCO5)cc4)c4ccc(COC5CCCCC5)c(C)c4)cc3)cc2)c2ccc(C)c(C)c2)cc1. The minimum atomic E-state index is -0.104. The summed E-state index contributed by atoms with van der Waals surface area (Å²) in [7, 11) is 0. The van der Waals surface area contributed by atoms with E-state index >= 15 is 0 Å². The van der Waals surface area contributed by atoms with Crippen LogP contribution in [0.3, 0.4) is 0 Å². The second kappa shape index (κ2) is 18.6. The summed E-state index contributed by atoms with van der Waals surface area (Å²) in [5, 5.41) is 0. The van der Waals surface area contributed by atoms with E-state index in [0.717, 1.165) is 65.6 Å². The van der Waals surface area contributed by atoms with Crippen LogP contribution in [0.25, 0.3) is 11.1 Å². The van der Waals surface area contributed by atoms with E-state index in [-0.39, 0.29) is 6.29 Å². The van der Waals surface area contributed by atoms with Crippen molar-refractivity contribution in [3.8, 4) is 11.1 Å². The Hall–Kier alpha value is -5.20. The first-order chi connectivity index (χ1) is 28.4. The highest BCUT2D eigenvalue weighted by molar-refractivity contribution is 5.81. The topological polar surface area (TPSA) is 34.2 Å². The monoisotopic (exact) mass is 770 g/mol. The minimum Gasteiger partial charge on any atom is -0.374 e. The minimum absolute atomic E-state index is 0.104. The van der Waals surface area contributed by atoms with Gasteiger partial charge in [0.15, 0.2) is 6.29 Å². The molecule has 0 spiro atoms. The average Bonchev–Trinajstić information content (AvgIpc) is 3.26. The van der Waals surface area contributed by atoms with Gasteiger partial charge < -0.3 is 24.0 Å². The van der Waals surface area contributed by atoms with Crippen molar-refractivity contribution < 1.29 is 14.2 Å². The Morgan fingerprint density at radius 3 is 1.53 bits per heavy atom. The zero-order valence-corrected chi connectivity index (χ0v) is 34.8. The van der Waals surface area contributed by atoms with Gasteiger partial charge in [-0.25, -0.2) is 0 Å². The molecular weight excluding hydrogens is 713 g/mol. The fraction of sp³-hybridized carbons (Fsp3) is 0.321. The fourth-order valence-electron chi connectivity index (χ4n) is 8.25. The lowest BCUT2D eigenvalue weighted by Gasteiger charge is -2.27. The van der Waals surface area contributed by atoms with Gasteiger partial charge in [0.25, 0.3) is 0 Å². The summed E-state index contributed by atoms with van der Waals surface area (Å²) in [6.07, 6.45) is 9.78. The van der Waals surface area contributed by atoms with Crippen LogP contribution in [-0.4, -0.2) is 19.0 Å². The molecule has 2 fully saturated rings. The second-order valence-electron chi connectivity index (χ2n) is 16.3. The number of ether oxygens (including phenoxy) is 3. The maximum Gasteiger partial charge on any atom is 0.158 e. The van der Waals surface area contributed by atoms with E-state index in [2.05, 4.69) is 171 Å². The lowest BCUT2D eigenvalue weighted by Crippen LogP contribution is -2.22. The highest BCUT2D eigenvalue weighted by Crippen LogP contribution is 2.39. The van der Waals surface area contributed by atoms with Crippen LogP contribution in [0.2, 0.25) is 0 Å². The molecule has 1 heterocycles. The number of anilines is 6. The second-order valence-corrected chi connectivity index (χ2v) is 16.3. The molecule has 5 nitrogen and oxygen atoms in total. The van der Waals surface area contributed by atoms with E-state index in [1.165, 1.54) is 71.0 Å². The molecule has 6 aromatic rings. The first kappa shape index (κ1) is 39.6. The molecular formula is C53H58N2O3. The lowest BCUT2D eigenvalue weighted by molar-refractivity contribution is -0.168. The van der Waals surface area contributed by atoms with Crippen LogP contribution < -0.4 is 9.80 Å². The first-order valence-electron chi connectivity index (χ1n) is 21.4. The van der Waals surface area contributed by atoms with Gasteiger partial charge in [0.1, 0.15) is 0 Å². The molecule has 1 aliphatic heterocycles. The molecule has 0 N–H and O–H groups in total. The molecule has 1 saturated heterocycles. The van der Waals surface area contributed by atoms with Gasteiger partial charge in [-0.1, -0.05) is 85.5 Å². The molecule has 1 unspecified atom stereocenters. The van der Waals surface area contributed by atoms with Gasteiger partial charge in [-0.3, -0.25) is 0 Å². The van der Waals surface area contributed by atoms with Crippen LogP contribution in [-0.2, 0) is 27.4 Å². The summed E-state index contributed by atoms with van der Waals surface area (Å²) in [5.41, 5.74) is 16.6. The Labute approximate surface area is 346 Å². The van der Waals surface area contributed by atoms with Crippen LogP contribution in [0.15, 0.2) is 133 Å². The van der Waals surface area contributed by atoms with Gasteiger partial charge in [0.05, 0.1) is 19.3 Å². The van der Waals surface area contributed by atoms with Gasteiger partial charge in [-0.2, -0.15) is 0 Å². The van der Waals surface area contributed by atoms with Crippen LogP contribution in [0.5, 0.6) is 0 Å². The first-order valence-corrected chi connectivity index (χ1v) is 21.4. The third kappa shape index (κ3) is 9.56. The van der Waals surface area contributed by atoms with E-state index in [9.17, 15) is 0 Å².